The lowest BCUT2D eigenvalue weighted by Gasteiger charge is -2.26. The van der Waals surface area contributed by atoms with Crippen molar-refractivity contribution in [1.29, 1.82) is 0 Å². The summed E-state index contributed by atoms with van der Waals surface area (Å²) in [6.45, 7) is 2.39. The van der Waals surface area contributed by atoms with Crippen molar-refractivity contribution in [2.24, 2.45) is 0 Å². The summed E-state index contributed by atoms with van der Waals surface area (Å²) < 4.78 is 5.35. The Kier molecular flexibility index (Phi) is 4.61. The van der Waals surface area contributed by atoms with Crippen molar-refractivity contribution in [2.45, 2.75) is 13.3 Å². The predicted octanol–water partition coefficient (Wildman–Crippen LogP) is 1.57. The van der Waals surface area contributed by atoms with Gasteiger partial charge in [0.15, 0.2) is 6.61 Å². The quantitative estimate of drug-likeness (QED) is 0.875. The summed E-state index contributed by atoms with van der Waals surface area (Å²) in [5, 5.41) is 15.2. The molecule has 3 amide bonds. The molecule has 0 fully saturated rings. The average Bonchev–Trinajstić information content (AvgIpc) is 2.97. The monoisotopic (exact) mass is 347 g/mol. The standard InChI is InChI=1S/C15H17N5O3S/c1-9-18-19-13(24-9)5-6-16-15(22)17-10-3-4-12-11(7-10)20(2)14(21)8-23-12/h3-4,7H,5-6,8H2,1-2H3,(H2,16,17,22). The second-order valence-electron chi connectivity index (χ2n) is 5.27. The van der Waals surface area contributed by atoms with Crippen molar-refractivity contribution in [1.82, 2.24) is 15.5 Å². The van der Waals surface area contributed by atoms with Gasteiger partial charge in [0.1, 0.15) is 15.8 Å². The highest BCUT2D eigenvalue weighted by atomic mass is 32.1. The molecule has 0 bridgehead atoms. The molecule has 1 aromatic heterocycles. The van der Waals surface area contributed by atoms with E-state index in [-0.39, 0.29) is 18.5 Å². The van der Waals surface area contributed by atoms with Crippen molar-refractivity contribution >= 4 is 34.6 Å². The summed E-state index contributed by atoms with van der Waals surface area (Å²) in [5.74, 6) is 0.492. The van der Waals surface area contributed by atoms with Crippen molar-refractivity contribution < 1.29 is 14.3 Å². The molecular formula is C15H17N5O3S. The lowest BCUT2D eigenvalue weighted by molar-refractivity contribution is -0.120. The second kappa shape index (κ2) is 6.83. The van der Waals surface area contributed by atoms with Crippen LogP contribution in [0.15, 0.2) is 18.2 Å². The SMILES string of the molecule is Cc1nnc(CCNC(=O)Nc2ccc3c(c2)N(C)C(=O)CO3)s1. The smallest absolute Gasteiger partial charge is 0.319 e. The zero-order chi connectivity index (χ0) is 17.1. The van der Waals surface area contributed by atoms with E-state index in [1.807, 2.05) is 6.92 Å². The highest BCUT2D eigenvalue weighted by molar-refractivity contribution is 7.11. The minimum absolute atomic E-state index is 0.0296. The van der Waals surface area contributed by atoms with Crippen LogP contribution in [-0.2, 0) is 11.2 Å². The van der Waals surface area contributed by atoms with Gasteiger partial charge in [0.05, 0.1) is 5.69 Å². The predicted molar refractivity (Wildman–Crippen MR) is 90.7 cm³/mol. The van der Waals surface area contributed by atoms with Gasteiger partial charge in [-0.1, -0.05) is 0 Å². The van der Waals surface area contributed by atoms with Crippen LogP contribution >= 0.6 is 11.3 Å². The molecule has 0 saturated carbocycles. The third-order valence-corrected chi connectivity index (χ3v) is 4.39. The number of nitrogens with one attached hydrogen (secondary N) is 2. The van der Waals surface area contributed by atoms with Crippen molar-refractivity contribution in [3.05, 3.63) is 28.2 Å². The van der Waals surface area contributed by atoms with E-state index < -0.39 is 0 Å². The summed E-state index contributed by atoms with van der Waals surface area (Å²) in [6.07, 6.45) is 0.633. The van der Waals surface area contributed by atoms with Gasteiger partial charge in [0.25, 0.3) is 5.91 Å². The van der Waals surface area contributed by atoms with Crippen LogP contribution in [0.2, 0.25) is 0 Å². The molecule has 0 spiro atoms. The van der Waals surface area contributed by atoms with E-state index in [0.29, 0.717) is 30.1 Å². The zero-order valence-corrected chi connectivity index (χ0v) is 14.1. The van der Waals surface area contributed by atoms with E-state index in [9.17, 15) is 9.59 Å². The van der Waals surface area contributed by atoms with Gasteiger partial charge >= 0.3 is 6.03 Å². The number of hydrogen-bond acceptors (Lipinski definition) is 6. The molecule has 2 N–H and O–H groups in total. The summed E-state index contributed by atoms with van der Waals surface area (Å²) in [4.78, 5) is 25.1. The zero-order valence-electron chi connectivity index (χ0n) is 13.3. The third-order valence-electron chi connectivity index (χ3n) is 3.50. The first-order valence-electron chi connectivity index (χ1n) is 7.40. The Labute approximate surface area is 142 Å². The molecule has 0 atom stereocenters. The molecule has 0 radical (unpaired) electrons. The Morgan fingerprint density at radius 1 is 1.42 bits per heavy atom. The van der Waals surface area contributed by atoms with Gasteiger partial charge in [0.2, 0.25) is 0 Å². The minimum atomic E-state index is -0.318. The topological polar surface area (TPSA) is 96.5 Å². The summed E-state index contributed by atoms with van der Waals surface area (Å²) >= 11 is 1.51. The van der Waals surface area contributed by atoms with Gasteiger partial charge in [-0.3, -0.25) is 4.79 Å². The van der Waals surface area contributed by atoms with Crippen molar-refractivity contribution in [3.63, 3.8) is 0 Å². The summed E-state index contributed by atoms with van der Waals surface area (Å²) in [7, 11) is 1.68. The molecule has 0 saturated heterocycles. The van der Waals surface area contributed by atoms with Gasteiger partial charge in [-0.15, -0.1) is 21.5 Å². The van der Waals surface area contributed by atoms with Crippen molar-refractivity contribution in [2.75, 3.05) is 30.4 Å². The van der Waals surface area contributed by atoms with Gasteiger partial charge in [-0.2, -0.15) is 0 Å². The Balaban J connectivity index is 1.55. The number of carbonyl (C=O) groups is 2. The maximum Gasteiger partial charge on any atom is 0.319 e. The summed E-state index contributed by atoms with van der Waals surface area (Å²) in [5.41, 5.74) is 1.22. The fourth-order valence-electron chi connectivity index (χ4n) is 2.25. The molecule has 3 rings (SSSR count). The molecule has 126 valence electrons. The third kappa shape index (κ3) is 3.62. The maximum atomic E-state index is 12.0. The van der Waals surface area contributed by atoms with Crippen LogP contribution in [-0.4, -0.2) is 42.3 Å². The number of urea groups is 1. The molecule has 1 aromatic carbocycles. The van der Waals surface area contributed by atoms with E-state index in [0.717, 1.165) is 10.0 Å². The first-order valence-corrected chi connectivity index (χ1v) is 8.22. The Morgan fingerprint density at radius 2 is 2.25 bits per heavy atom. The highest BCUT2D eigenvalue weighted by Crippen LogP contribution is 2.33. The van der Waals surface area contributed by atoms with Gasteiger partial charge in [-0.25, -0.2) is 4.79 Å². The van der Waals surface area contributed by atoms with E-state index in [4.69, 9.17) is 4.74 Å². The van der Waals surface area contributed by atoms with E-state index in [2.05, 4.69) is 20.8 Å². The number of aryl methyl sites for hydroxylation is 1. The molecule has 9 heteroatoms. The maximum absolute atomic E-state index is 12.0. The van der Waals surface area contributed by atoms with Gasteiger partial charge < -0.3 is 20.3 Å². The number of fused-ring (bicyclic) bond motifs is 1. The lowest BCUT2D eigenvalue weighted by atomic mass is 10.2. The minimum Gasteiger partial charge on any atom is -0.482 e. The molecule has 8 nitrogen and oxygen atoms in total. The van der Waals surface area contributed by atoms with Crippen LogP contribution < -0.4 is 20.3 Å². The first kappa shape index (κ1) is 16.2. The van der Waals surface area contributed by atoms with E-state index in [1.165, 1.54) is 16.2 Å². The fraction of sp³-hybridized carbons (Fsp3) is 0.333. The van der Waals surface area contributed by atoms with Crippen LogP contribution in [0.25, 0.3) is 0 Å². The van der Waals surface area contributed by atoms with E-state index >= 15 is 0 Å². The number of aromatic nitrogens is 2. The van der Waals surface area contributed by atoms with Crippen LogP contribution in [0.3, 0.4) is 0 Å². The average molecular weight is 347 g/mol. The van der Waals surface area contributed by atoms with Crippen molar-refractivity contribution in [3.8, 4) is 5.75 Å². The number of nitrogens with zero attached hydrogens (tertiary/aromatic N) is 3. The largest absolute Gasteiger partial charge is 0.482 e. The lowest BCUT2D eigenvalue weighted by Crippen LogP contribution is -2.35. The molecule has 2 aromatic rings. The van der Waals surface area contributed by atoms with Crippen LogP contribution in [0, 0.1) is 6.92 Å². The molecule has 2 heterocycles. The number of likely N-dealkylation sites (N-methyl/N-ethyl adjacent to an activating group) is 1. The normalized spacial score (nSPS) is 13.2. The number of amides is 3. The Hall–Kier alpha value is -2.68. The molecule has 1 aliphatic heterocycles. The van der Waals surface area contributed by atoms with Gasteiger partial charge in [-0.05, 0) is 25.1 Å². The number of rotatable bonds is 4. The molecule has 24 heavy (non-hydrogen) atoms. The highest BCUT2D eigenvalue weighted by Gasteiger charge is 2.22. The fourth-order valence-corrected chi connectivity index (χ4v) is 2.96. The number of ether oxygens (including phenoxy) is 1. The molecule has 0 aliphatic carbocycles. The van der Waals surface area contributed by atoms with Crippen LogP contribution in [0.5, 0.6) is 5.75 Å². The Bertz CT molecular complexity index is 776. The van der Waals surface area contributed by atoms with Crippen LogP contribution in [0.4, 0.5) is 16.2 Å². The summed E-state index contributed by atoms with van der Waals surface area (Å²) in [6, 6.07) is 4.86. The van der Waals surface area contributed by atoms with Gasteiger partial charge in [0, 0.05) is 25.7 Å². The van der Waals surface area contributed by atoms with Crippen LogP contribution in [0.1, 0.15) is 10.0 Å². The number of benzene rings is 1. The molecular weight excluding hydrogens is 330 g/mol. The number of hydrogen-bond donors (Lipinski definition) is 2. The van der Waals surface area contributed by atoms with E-state index in [1.54, 1.807) is 25.2 Å². The molecule has 1 aliphatic rings. The first-order chi connectivity index (χ1) is 11.5. The number of anilines is 2. The Morgan fingerprint density at radius 3 is 3.00 bits per heavy atom. The number of carbonyl (C=O) groups excluding carboxylic acids is 2. The molecule has 0 unspecified atom stereocenters. The second-order valence-corrected chi connectivity index (χ2v) is 6.54.